The summed E-state index contributed by atoms with van der Waals surface area (Å²) in [5, 5.41) is 15.1. The van der Waals surface area contributed by atoms with Gasteiger partial charge in [0.05, 0.1) is 17.4 Å². The van der Waals surface area contributed by atoms with Gasteiger partial charge in [-0.2, -0.15) is 0 Å². The molecule has 0 aliphatic heterocycles. The van der Waals surface area contributed by atoms with E-state index in [4.69, 9.17) is 5.21 Å². The quantitative estimate of drug-likeness (QED) is 0.316. The van der Waals surface area contributed by atoms with E-state index in [0.29, 0.717) is 5.69 Å². The second-order valence-corrected chi connectivity index (χ2v) is 4.29. The van der Waals surface area contributed by atoms with Crippen LogP contribution in [0.25, 0.3) is 21.7 Å². The molecule has 4 heteroatoms. The fraction of sp³-hybridized carbons (Fsp3) is 0.0667. The highest BCUT2D eigenvalue weighted by atomic mass is 35.5. The van der Waals surface area contributed by atoms with Crippen molar-refractivity contribution in [3.05, 3.63) is 53.7 Å². The molecule has 1 aromatic heterocycles. The van der Waals surface area contributed by atoms with Crippen LogP contribution in [0.5, 0.6) is 0 Å². The third-order valence-corrected chi connectivity index (χ3v) is 3.12. The van der Waals surface area contributed by atoms with E-state index in [-0.39, 0.29) is 12.4 Å². The Morgan fingerprint density at radius 2 is 1.89 bits per heavy atom. The maximum atomic E-state index is 8.63. The van der Waals surface area contributed by atoms with Gasteiger partial charge < -0.3 is 5.21 Å². The zero-order valence-corrected chi connectivity index (χ0v) is 11.2. The summed E-state index contributed by atoms with van der Waals surface area (Å²) in [6, 6.07) is 14.2. The number of benzene rings is 2. The van der Waals surface area contributed by atoms with Crippen LogP contribution >= 0.6 is 12.4 Å². The van der Waals surface area contributed by atoms with Crippen molar-refractivity contribution in [2.24, 2.45) is 5.16 Å². The normalized spacial score (nSPS) is 11.0. The average molecular weight is 273 g/mol. The topological polar surface area (TPSA) is 45.5 Å². The van der Waals surface area contributed by atoms with E-state index in [1.54, 1.807) is 0 Å². The highest BCUT2D eigenvalue weighted by Gasteiger charge is 2.05. The first kappa shape index (κ1) is 13.3. The van der Waals surface area contributed by atoms with Gasteiger partial charge in [-0.05, 0) is 23.9 Å². The van der Waals surface area contributed by atoms with Crippen molar-refractivity contribution in [2.45, 2.75) is 6.92 Å². The van der Waals surface area contributed by atoms with Crippen LogP contribution in [0.3, 0.4) is 0 Å². The summed E-state index contributed by atoms with van der Waals surface area (Å²) in [5.74, 6) is 0. The molecule has 0 saturated heterocycles. The van der Waals surface area contributed by atoms with E-state index in [1.807, 2.05) is 25.1 Å². The Kier molecular flexibility index (Phi) is 3.67. The first-order chi connectivity index (χ1) is 8.79. The molecule has 3 aromatic rings. The third kappa shape index (κ3) is 2.25. The molecule has 2 aromatic carbocycles. The van der Waals surface area contributed by atoms with Crippen molar-refractivity contribution in [3.63, 3.8) is 0 Å². The van der Waals surface area contributed by atoms with Crippen LogP contribution in [-0.2, 0) is 0 Å². The van der Waals surface area contributed by atoms with Gasteiger partial charge in [0.1, 0.15) is 0 Å². The van der Waals surface area contributed by atoms with Gasteiger partial charge in [-0.15, -0.1) is 12.4 Å². The van der Waals surface area contributed by atoms with Crippen LogP contribution in [0.15, 0.2) is 47.6 Å². The first-order valence-electron chi connectivity index (χ1n) is 5.76. The molecule has 0 amide bonds. The minimum absolute atomic E-state index is 0. The number of aromatic nitrogens is 1. The Hall–Kier alpha value is -2.13. The molecule has 0 bridgehead atoms. The standard InChI is InChI=1S/C15H12N2O.ClH/c1-10-8-12(9-16-18)17-15-13(10)7-6-11-4-2-3-5-14(11)15;/h2-9,18H,1H3;1H. The summed E-state index contributed by atoms with van der Waals surface area (Å²) in [5.41, 5.74) is 2.74. The molecule has 0 fully saturated rings. The number of rotatable bonds is 1. The molecule has 0 aliphatic rings. The molecule has 3 rings (SSSR count). The average Bonchev–Trinajstić information content (AvgIpc) is 2.39. The lowest BCUT2D eigenvalue weighted by Gasteiger charge is -2.06. The SMILES string of the molecule is Cc1cc(C=NO)nc2c1ccc1ccccc12.Cl. The predicted molar refractivity (Wildman–Crippen MR) is 80.6 cm³/mol. The second kappa shape index (κ2) is 5.24. The van der Waals surface area contributed by atoms with Gasteiger partial charge >= 0.3 is 0 Å². The van der Waals surface area contributed by atoms with Crippen molar-refractivity contribution in [2.75, 3.05) is 0 Å². The van der Waals surface area contributed by atoms with Crippen LogP contribution in [-0.4, -0.2) is 16.4 Å². The maximum Gasteiger partial charge on any atom is 0.0918 e. The van der Waals surface area contributed by atoms with Crippen molar-refractivity contribution < 1.29 is 5.21 Å². The summed E-state index contributed by atoms with van der Waals surface area (Å²) in [6.45, 7) is 2.04. The fourth-order valence-corrected chi connectivity index (χ4v) is 2.28. The van der Waals surface area contributed by atoms with Crippen LogP contribution in [0.2, 0.25) is 0 Å². The van der Waals surface area contributed by atoms with E-state index in [0.717, 1.165) is 27.2 Å². The van der Waals surface area contributed by atoms with E-state index < -0.39 is 0 Å². The molecule has 1 heterocycles. The molecule has 0 atom stereocenters. The Labute approximate surface area is 117 Å². The smallest absolute Gasteiger partial charge is 0.0918 e. The molecule has 0 saturated carbocycles. The molecule has 19 heavy (non-hydrogen) atoms. The molecule has 0 radical (unpaired) electrons. The first-order valence-corrected chi connectivity index (χ1v) is 5.76. The molecular weight excluding hydrogens is 260 g/mol. The van der Waals surface area contributed by atoms with Gasteiger partial charge in [0.2, 0.25) is 0 Å². The zero-order valence-electron chi connectivity index (χ0n) is 10.4. The summed E-state index contributed by atoms with van der Waals surface area (Å²) in [6.07, 6.45) is 1.36. The number of oxime groups is 1. The summed E-state index contributed by atoms with van der Waals surface area (Å²) < 4.78 is 0. The summed E-state index contributed by atoms with van der Waals surface area (Å²) in [7, 11) is 0. The zero-order chi connectivity index (χ0) is 12.5. The number of nitrogens with zero attached hydrogens (tertiary/aromatic N) is 2. The van der Waals surface area contributed by atoms with Gasteiger partial charge in [0.25, 0.3) is 0 Å². The summed E-state index contributed by atoms with van der Waals surface area (Å²) in [4.78, 5) is 4.54. The third-order valence-electron chi connectivity index (χ3n) is 3.12. The number of pyridine rings is 1. The van der Waals surface area contributed by atoms with Crippen LogP contribution in [0, 0.1) is 6.92 Å². The molecule has 1 N–H and O–H groups in total. The minimum atomic E-state index is 0. The predicted octanol–water partition coefficient (Wildman–Crippen LogP) is 3.93. The van der Waals surface area contributed by atoms with E-state index in [1.165, 1.54) is 6.21 Å². The highest BCUT2D eigenvalue weighted by Crippen LogP contribution is 2.26. The Morgan fingerprint density at radius 3 is 2.68 bits per heavy atom. The Balaban J connectivity index is 0.00000133. The van der Waals surface area contributed by atoms with Crippen molar-refractivity contribution in [1.29, 1.82) is 0 Å². The summed E-state index contributed by atoms with van der Waals surface area (Å²) >= 11 is 0. The van der Waals surface area contributed by atoms with E-state index in [9.17, 15) is 0 Å². The van der Waals surface area contributed by atoms with Crippen LogP contribution < -0.4 is 0 Å². The molecule has 96 valence electrons. The molecule has 0 unspecified atom stereocenters. The van der Waals surface area contributed by atoms with Crippen molar-refractivity contribution in [1.82, 2.24) is 4.98 Å². The molecule has 3 nitrogen and oxygen atoms in total. The van der Waals surface area contributed by atoms with Crippen LogP contribution in [0.4, 0.5) is 0 Å². The Bertz CT molecular complexity index is 769. The fourth-order valence-electron chi connectivity index (χ4n) is 2.28. The Morgan fingerprint density at radius 1 is 1.11 bits per heavy atom. The highest BCUT2D eigenvalue weighted by molar-refractivity contribution is 6.06. The van der Waals surface area contributed by atoms with Gasteiger partial charge in [-0.3, -0.25) is 0 Å². The number of halogens is 1. The van der Waals surface area contributed by atoms with E-state index in [2.05, 4.69) is 34.4 Å². The number of hydrogen-bond donors (Lipinski definition) is 1. The largest absolute Gasteiger partial charge is 0.411 e. The van der Waals surface area contributed by atoms with E-state index >= 15 is 0 Å². The maximum absolute atomic E-state index is 8.63. The van der Waals surface area contributed by atoms with Gasteiger partial charge in [0, 0.05) is 10.8 Å². The van der Waals surface area contributed by atoms with Crippen LogP contribution in [0.1, 0.15) is 11.3 Å². The molecular formula is C15H13ClN2O. The van der Waals surface area contributed by atoms with Gasteiger partial charge in [0.15, 0.2) is 0 Å². The number of aryl methyl sites for hydroxylation is 1. The molecule has 0 spiro atoms. The minimum Gasteiger partial charge on any atom is -0.411 e. The van der Waals surface area contributed by atoms with Gasteiger partial charge in [-0.1, -0.05) is 41.6 Å². The number of hydrogen-bond acceptors (Lipinski definition) is 3. The van der Waals surface area contributed by atoms with Gasteiger partial charge in [-0.25, -0.2) is 4.98 Å². The lowest BCUT2D eigenvalue weighted by Crippen LogP contribution is -1.92. The lowest BCUT2D eigenvalue weighted by molar-refractivity contribution is 0.321. The number of fused-ring (bicyclic) bond motifs is 3. The monoisotopic (exact) mass is 272 g/mol. The van der Waals surface area contributed by atoms with Crippen molar-refractivity contribution >= 4 is 40.3 Å². The lowest BCUT2D eigenvalue weighted by atomic mass is 10.0. The second-order valence-electron chi connectivity index (χ2n) is 4.29. The molecule has 0 aliphatic carbocycles. The van der Waals surface area contributed by atoms with Crippen molar-refractivity contribution in [3.8, 4) is 0 Å².